The van der Waals surface area contributed by atoms with Crippen molar-refractivity contribution in [1.29, 1.82) is 0 Å². The van der Waals surface area contributed by atoms with Crippen molar-refractivity contribution in [1.82, 2.24) is 0 Å². The lowest BCUT2D eigenvalue weighted by Gasteiger charge is -2.14. The maximum Gasteiger partial charge on any atom is 0.271 e. The third kappa shape index (κ3) is 4.39. The number of nitro groups is 1. The van der Waals surface area contributed by atoms with Crippen LogP contribution in [0.15, 0.2) is 41.3 Å². The molecule has 25 heavy (non-hydrogen) atoms. The van der Waals surface area contributed by atoms with Gasteiger partial charge in [-0.2, -0.15) is 0 Å². The van der Waals surface area contributed by atoms with Crippen LogP contribution in [0.1, 0.15) is 0 Å². The summed E-state index contributed by atoms with van der Waals surface area (Å²) in [7, 11) is -4.32. The maximum absolute atomic E-state index is 13.3. The van der Waals surface area contributed by atoms with Crippen LogP contribution in [-0.4, -0.2) is 31.6 Å². The number of nitrogens with one attached hydrogen (secondary N) is 2. The molecule has 134 valence electrons. The highest BCUT2D eigenvalue weighted by Gasteiger charge is 2.20. The molecule has 11 heteroatoms. The topological polar surface area (TPSA) is 122 Å². The van der Waals surface area contributed by atoms with Crippen molar-refractivity contribution in [2.24, 2.45) is 0 Å². The monoisotopic (exact) mass is 373 g/mol. The third-order valence-corrected chi connectivity index (χ3v) is 4.45. The van der Waals surface area contributed by atoms with E-state index in [1.165, 1.54) is 6.07 Å². The fourth-order valence-corrected chi connectivity index (χ4v) is 3.00. The van der Waals surface area contributed by atoms with Gasteiger partial charge in [0.05, 0.1) is 27.8 Å². The van der Waals surface area contributed by atoms with E-state index in [1.807, 2.05) is 0 Å². The zero-order valence-electron chi connectivity index (χ0n) is 12.6. The summed E-state index contributed by atoms with van der Waals surface area (Å²) in [6, 6.07) is 5.39. The molecule has 0 atom stereocenters. The predicted molar refractivity (Wildman–Crippen MR) is 85.8 cm³/mol. The van der Waals surface area contributed by atoms with Gasteiger partial charge in [-0.25, -0.2) is 17.2 Å². The largest absolute Gasteiger partial charge is 0.395 e. The summed E-state index contributed by atoms with van der Waals surface area (Å²) in [6.45, 7) is -0.190. The van der Waals surface area contributed by atoms with E-state index < -0.39 is 31.5 Å². The van der Waals surface area contributed by atoms with E-state index in [0.29, 0.717) is 12.1 Å². The molecule has 0 heterocycles. The summed E-state index contributed by atoms with van der Waals surface area (Å²) < 4.78 is 53.0. The molecule has 0 saturated carbocycles. The summed E-state index contributed by atoms with van der Waals surface area (Å²) in [4.78, 5) is 9.61. The highest BCUT2D eigenvalue weighted by atomic mass is 32.2. The molecule has 0 radical (unpaired) electrons. The lowest BCUT2D eigenvalue weighted by molar-refractivity contribution is -0.384. The van der Waals surface area contributed by atoms with Gasteiger partial charge < -0.3 is 10.4 Å². The average molecular weight is 373 g/mol. The number of halogens is 2. The molecule has 0 saturated heterocycles. The van der Waals surface area contributed by atoms with Crippen LogP contribution in [0.2, 0.25) is 0 Å². The number of rotatable bonds is 7. The smallest absolute Gasteiger partial charge is 0.271 e. The first-order valence-electron chi connectivity index (χ1n) is 6.85. The van der Waals surface area contributed by atoms with Gasteiger partial charge in [-0.05, 0) is 24.3 Å². The van der Waals surface area contributed by atoms with E-state index in [0.717, 1.165) is 18.2 Å². The average Bonchev–Trinajstić information content (AvgIpc) is 2.55. The van der Waals surface area contributed by atoms with E-state index in [1.54, 1.807) is 0 Å². The van der Waals surface area contributed by atoms with Gasteiger partial charge >= 0.3 is 0 Å². The van der Waals surface area contributed by atoms with E-state index in [9.17, 15) is 27.3 Å². The Morgan fingerprint density at radius 1 is 1.08 bits per heavy atom. The predicted octanol–water partition coefficient (Wildman–Crippen LogP) is 2.08. The highest BCUT2D eigenvalue weighted by molar-refractivity contribution is 7.92. The molecule has 3 N–H and O–H groups in total. The number of anilines is 2. The van der Waals surface area contributed by atoms with Crippen LogP contribution < -0.4 is 10.0 Å². The van der Waals surface area contributed by atoms with E-state index in [-0.39, 0.29) is 30.2 Å². The Bertz CT molecular complexity index is 905. The Morgan fingerprint density at radius 3 is 2.40 bits per heavy atom. The van der Waals surface area contributed by atoms with Gasteiger partial charge in [-0.1, -0.05) is 0 Å². The molecule has 8 nitrogen and oxygen atoms in total. The number of aliphatic hydroxyl groups excluding tert-OH is 1. The first-order valence-corrected chi connectivity index (χ1v) is 8.34. The molecular formula is C14H13F2N3O5S. The normalized spacial score (nSPS) is 11.2. The summed E-state index contributed by atoms with van der Waals surface area (Å²) in [6.07, 6.45) is 0. The van der Waals surface area contributed by atoms with Crippen LogP contribution in [0.5, 0.6) is 0 Å². The van der Waals surface area contributed by atoms with E-state index >= 15 is 0 Å². The zero-order valence-corrected chi connectivity index (χ0v) is 13.4. The molecule has 0 bridgehead atoms. The van der Waals surface area contributed by atoms with Crippen molar-refractivity contribution in [3.05, 3.63) is 58.1 Å². The number of aliphatic hydroxyl groups is 1. The number of benzene rings is 2. The fraction of sp³-hybridized carbons (Fsp3) is 0.143. The second-order valence-electron chi connectivity index (χ2n) is 4.82. The lowest BCUT2D eigenvalue weighted by atomic mass is 10.2. The number of non-ortho nitro benzene ring substituents is 1. The van der Waals surface area contributed by atoms with Crippen molar-refractivity contribution in [2.75, 3.05) is 23.2 Å². The molecule has 0 fully saturated rings. The van der Waals surface area contributed by atoms with Crippen molar-refractivity contribution < 1.29 is 27.2 Å². The second kappa shape index (κ2) is 7.40. The first-order chi connectivity index (χ1) is 11.7. The first kappa shape index (κ1) is 18.5. The SMILES string of the molecule is O=[N+]([O-])c1ccc(NCCO)c(NS(=O)(=O)c2ccc(F)c(F)c2)c1. The van der Waals surface area contributed by atoms with Gasteiger partial charge in [-0.15, -0.1) is 0 Å². The summed E-state index contributed by atoms with van der Waals surface area (Å²) in [5.41, 5.74) is -0.379. The Morgan fingerprint density at radius 2 is 1.80 bits per heavy atom. The zero-order chi connectivity index (χ0) is 18.6. The molecular weight excluding hydrogens is 360 g/mol. The molecule has 0 amide bonds. The van der Waals surface area contributed by atoms with Crippen LogP contribution in [-0.2, 0) is 10.0 Å². The molecule has 0 aliphatic carbocycles. The van der Waals surface area contributed by atoms with Gasteiger partial charge in [0.2, 0.25) is 0 Å². The summed E-state index contributed by atoms with van der Waals surface area (Å²) >= 11 is 0. The number of nitro benzene ring substituents is 1. The standard InChI is InChI=1S/C14H13F2N3O5S/c15-11-3-2-10(8-12(11)16)25(23,24)18-14-7-9(19(21)22)1-4-13(14)17-5-6-20/h1-4,7-8,17-18,20H,5-6H2. The molecule has 0 unspecified atom stereocenters. The van der Waals surface area contributed by atoms with Crippen molar-refractivity contribution in [3.8, 4) is 0 Å². The molecule has 2 rings (SSSR count). The van der Waals surface area contributed by atoms with Gasteiger partial charge in [-0.3, -0.25) is 14.8 Å². The van der Waals surface area contributed by atoms with Crippen molar-refractivity contribution in [2.45, 2.75) is 4.90 Å². The highest BCUT2D eigenvalue weighted by Crippen LogP contribution is 2.29. The minimum Gasteiger partial charge on any atom is -0.395 e. The summed E-state index contributed by atoms with van der Waals surface area (Å²) in [5.74, 6) is -2.56. The molecule has 0 spiro atoms. The van der Waals surface area contributed by atoms with Gasteiger partial charge in [0.15, 0.2) is 11.6 Å². The molecule has 2 aromatic rings. The third-order valence-electron chi connectivity index (χ3n) is 3.09. The Labute approximate surface area is 141 Å². The molecule has 0 aromatic heterocycles. The number of nitrogens with zero attached hydrogens (tertiary/aromatic N) is 1. The van der Waals surface area contributed by atoms with E-state index in [2.05, 4.69) is 10.0 Å². The van der Waals surface area contributed by atoms with Crippen LogP contribution in [0.3, 0.4) is 0 Å². The van der Waals surface area contributed by atoms with Crippen molar-refractivity contribution >= 4 is 27.1 Å². The van der Waals surface area contributed by atoms with E-state index in [4.69, 9.17) is 5.11 Å². The Balaban J connectivity index is 2.43. The van der Waals surface area contributed by atoms with Crippen LogP contribution in [0, 0.1) is 21.7 Å². The Hall–Kier alpha value is -2.79. The number of hydrogen-bond acceptors (Lipinski definition) is 6. The van der Waals surface area contributed by atoms with Crippen LogP contribution in [0.4, 0.5) is 25.8 Å². The van der Waals surface area contributed by atoms with Gasteiger partial charge in [0.25, 0.3) is 15.7 Å². The lowest BCUT2D eigenvalue weighted by Crippen LogP contribution is -2.16. The van der Waals surface area contributed by atoms with Gasteiger partial charge in [0.1, 0.15) is 0 Å². The molecule has 2 aromatic carbocycles. The maximum atomic E-state index is 13.3. The second-order valence-corrected chi connectivity index (χ2v) is 6.50. The molecule has 0 aliphatic rings. The van der Waals surface area contributed by atoms with Gasteiger partial charge in [0, 0.05) is 18.7 Å². The minimum absolute atomic E-state index is 0.0672. The summed E-state index contributed by atoms with van der Waals surface area (Å²) in [5, 5.41) is 22.4. The Kier molecular flexibility index (Phi) is 5.49. The quantitative estimate of drug-likeness (QED) is 0.505. The van der Waals surface area contributed by atoms with Crippen LogP contribution >= 0.6 is 0 Å². The van der Waals surface area contributed by atoms with Crippen LogP contribution in [0.25, 0.3) is 0 Å². The minimum atomic E-state index is -4.32. The number of hydrogen-bond donors (Lipinski definition) is 3. The number of sulfonamides is 1. The van der Waals surface area contributed by atoms with Crippen molar-refractivity contribution in [3.63, 3.8) is 0 Å². The molecule has 0 aliphatic heterocycles. The fourth-order valence-electron chi connectivity index (χ4n) is 1.92.